The second-order valence-electron chi connectivity index (χ2n) is 11.9. The number of nitrogens with zero attached hydrogens (tertiary/aromatic N) is 2. The predicted molar refractivity (Wildman–Crippen MR) is 148 cm³/mol. The van der Waals surface area contributed by atoms with Gasteiger partial charge in [0.1, 0.15) is 29.1 Å². The Morgan fingerprint density at radius 3 is 2.45 bits per heavy atom. The summed E-state index contributed by atoms with van der Waals surface area (Å²) in [5.41, 5.74) is 1.46. The summed E-state index contributed by atoms with van der Waals surface area (Å²) >= 11 is 0. The van der Waals surface area contributed by atoms with Gasteiger partial charge in [0.25, 0.3) is 0 Å². The van der Waals surface area contributed by atoms with Gasteiger partial charge in [-0.25, -0.2) is 13.2 Å². The molecule has 0 radical (unpaired) electrons. The van der Waals surface area contributed by atoms with Crippen molar-refractivity contribution in [2.75, 3.05) is 12.8 Å². The first-order chi connectivity index (χ1) is 18.7. The van der Waals surface area contributed by atoms with Crippen molar-refractivity contribution in [2.24, 2.45) is 0 Å². The first kappa shape index (κ1) is 29.8. The summed E-state index contributed by atoms with van der Waals surface area (Å²) in [5, 5.41) is 4.59. The van der Waals surface area contributed by atoms with Crippen LogP contribution in [0.25, 0.3) is 0 Å². The summed E-state index contributed by atoms with van der Waals surface area (Å²) in [6.07, 6.45) is 2.15. The Morgan fingerprint density at radius 2 is 1.75 bits per heavy atom. The van der Waals surface area contributed by atoms with E-state index in [-0.39, 0.29) is 31.1 Å². The van der Waals surface area contributed by atoms with Crippen molar-refractivity contribution in [2.45, 2.75) is 101 Å². The average Bonchev–Trinajstić information content (AvgIpc) is 3.32. The van der Waals surface area contributed by atoms with Crippen LogP contribution in [0.5, 0.6) is 0 Å². The number of likely N-dealkylation sites (N-methyl/N-ethyl adjacent to an activating group) is 1. The zero-order valence-electron chi connectivity index (χ0n) is 23.8. The smallest absolute Gasteiger partial charge is 0.410 e. The summed E-state index contributed by atoms with van der Waals surface area (Å²) in [6.45, 7) is 6.62. The van der Waals surface area contributed by atoms with E-state index < -0.39 is 62.8 Å². The van der Waals surface area contributed by atoms with E-state index in [0.717, 1.165) is 29.7 Å². The topological polar surface area (TPSA) is 142 Å². The molecule has 1 aromatic carbocycles. The first-order valence-corrected chi connectivity index (χ1v) is 15.6. The van der Waals surface area contributed by atoms with Gasteiger partial charge in [-0.3, -0.25) is 19.3 Å². The van der Waals surface area contributed by atoms with E-state index in [2.05, 4.69) is 10.6 Å². The third-order valence-corrected chi connectivity index (χ3v) is 10.0. The second-order valence-corrected chi connectivity index (χ2v) is 14.2. The van der Waals surface area contributed by atoms with E-state index in [9.17, 15) is 27.6 Å². The number of nitrogens with one attached hydrogen (secondary N) is 2. The van der Waals surface area contributed by atoms with Gasteiger partial charge in [-0.15, -0.1) is 0 Å². The Bertz CT molecular complexity index is 1280. The van der Waals surface area contributed by atoms with Crippen LogP contribution in [0.1, 0.15) is 77.0 Å². The lowest BCUT2D eigenvalue weighted by molar-refractivity contribution is -0.142. The number of ether oxygens (including phenoxy) is 1. The first-order valence-electron chi connectivity index (χ1n) is 13.9. The highest BCUT2D eigenvalue weighted by atomic mass is 32.2. The Balaban J connectivity index is 1.50. The standard InChI is InChI=1S/C28H40N4O7S/c1-17(31(5)27(36)39-28(2,3)4)24(33)30-21-15-16-40(37,38)23-14-13-22(32(23)26(21)35)25(34)29-20-12-8-10-18-9-6-7-11-19(18)20/h6-7,9,11,17,20-23H,8,10,12-16H2,1-5H3,(H,29,34)(H,30,33)/t17-,20+,21-,22-,23-/m0/s1. The predicted octanol–water partition coefficient (Wildman–Crippen LogP) is 2.06. The Kier molecular flexibility index (Phi) is 8.49. The third kappa shape index (κ3) is 6.26. The van der Waals surface area contributed by atoms with Gasteiger partial charge in [-0.2, -0.15) is 0 Å². The number of benzene rings is 1. The maximum atomic E-state index is 13.7. The minimum Gasteiger partial charge on any atom is -0.444 e. The van der Waals surface area contributed by atoms with Gasteiger partial charge < -0.3 is 20.3 Å². The molecule has 1 aliphatic carbocycles. The number of fused-ring (bicyclic) bond motifs is 2. The van der Waals surface area contributed by atoms with Crippen molar-refractivity contribution in [3.05, 3.63) is 35.4 Å². The quantitative estimate of drug-likeness (QED) is 0.546. The van der Waals surface area contributed by atoms with E-state index in [1.54, 1.807) is 20.8 Å². The largest absolute Gasteiger partial charge is 0.444 e. The molecule has 2 heterocycles. The number of hydrogen-bond donors (Lipinski definition) is 2. The van der Waals surface area contributed by atoms with Crippen LogP contribution >= 0.6 is 0 Å². The average molecular weight is 577 g/mol. The third-order valence-electron chi connectivity index (χ3n) is 7.94. The van der Waals surface area contributed by atoms with E-state index in [4.69, 9.17) is 4.74 Å². The number of rotatable bonds is 5. The highest BCUT2D eigenvalue weighted by Crippen LogP contribution is 2.34. The summed E-state index contributed by atoms with van der Waals surface area (Å²) in [6, 6.07) is 4.61. The van der Waals surface area contributed by atoms with Gasteiger partial charge in [0, 0.05) is 7.05 Å². The zero-order valence-corrected chi connectivity index (χ0v) is 24.6. The van der Waals surface area contributed by atoms with Gasteiger partial charge >= 0.3 is 6.09 Å². The molecule has 0 bridgehead atoms. The Hall–Kier alpha value is -3.15. The lowest BCUT2D eigenvalue weighted by Crippen LogP contribution is -2.57. The Morgan fingerprint density at radius 1 is 1.05 bits per heavy atom. The number of carbonyl (C=O) groups is 4. The summed E-state index contributed by atoms with van der Waals surface area (Å²) in [5.74, 6) is -1.92. The Labute approximate surface area is 235 Å². The van der Waals surface area contributed by atoms with Crippen molar-refractivity contribution in [3.8, 4) is 0 Å². The molecule has 2 fully saturated rings. The maximum Gasteiger partial charge on any atom is 0.410 e. The lowest BCUT2D eigenvalue weighted by Gasteiger charge is -2.33. The molecule has 1 aromatic rings. The van der Waals surface area contributed by atoms with E-state index >= 15 is 0 Å². The number of aryl methyl sites for hydroxylation is 1. The molecule has 0 aromatic heterocycles. The molecule has 2 saturated heterocycles. The molecule has 5 atom stereocenters. The van der Waals surface area contributed by atoms with Crippen LogP contribution in [0, 0.1) is 0 Å². The molecular formula is C28H40N4O7S. The minimum atomic E-state index is -3.73. The molecule has 0 unspecified atom stereocenters. The molecule has 40 heavy (non-hydrogen) atoms. The van der Waals surface area contributed by atoms with Crippen molar-refractivity contribution in [1.29, 1.82) is 0 Å². The number of sulfone groups is 1. The fraction of sp³-hybridized carbons (Fsp3) is 0.643. The number of amides is 4. The fourth-order valence-corrected chi connectivity index (χ4v) is 7.60. The van der Waals surface area contributed by atoms with Crippen molar-refractivity contribution >= 4 is 33.7 Å². The fourth-order valence-electron chi connectivity index (χ4n) is 5.67. The van der Waals surface area contributed by atoms with Gasteiger partial charge in [-0.05, 0) is 77.3 Å². The van der Waals surface area contributed by atoms with E-state index in [1.165, 1.54) is 24.4 Å². The van der Waals surface area contributed by atoms with Crippen LogP contribution in [0.4, 0.5) is 4.79 Å². The second kappa shape index (κ2) is 11.4. The highest BCUT2D eigenvalue weighted by Gasteiger charge is 2.51. The molecule has 11 nitrogen and oxygen atoms in total. The van der Waals surface area contributed by atoms with Crippen molar-refractivity contribution < 1.29 is 32.3 Å². The van der Waals surface area contributed by atoms with E-state index in [1.807, 2.05) is 24.3 Å². The summed E-state index contributed by atoms with van der Waals surface area (Å²) < 4.78 is 31.6. The molecule has 2 N–H and O–H groups in total. The number of hydrogen-bond acceptors (Lipinski definition) is 7. The molecule has 12 heteroatoms. The SMILES string of the molecule is C[C@@H](C(=O)N[C@H]1CCS(=O)(=O)[C@H]2CC[C@@H](C(=O)N[C@@H]3CCCc4ccccc43)N2C1=O)N(C)C(=O)OC(C)(C)C. The van der Waals surface area contributed by atoms with Crippen molar-refractivity contribution in [1.82, 2.24) is 20.4 Å². The molecule has 2 aliphatic heterocycles. The van der Waals surface area contributed by atoms with Crippen LogP contribution in [0.3, 0.4) is 0 Å². The monoisotopic (exact) mass is 576 g/mol. The molecule has 0 spiro atoms. The molecule has 4 amide bonds. The van der Waals surface area contributed by atoms with Crippen LogP contribution in [0.2, 0.25) is 0 Å². The van der Waals surface area contributed by atoms with Crippen molar-refractivity contribution in [3.63, 3.8) is 0 Å². The van der Waals surface area contributed by atoms with Crippen LogP contribution in [-0.2, 0) is 35.4 Å². The van der Waals surface area contributed by atoms with Crippen LogP contribution in [-0.4, -0.2) is 83.9 Å². The van der Waals surface area contributed by atoms with Gasteiger partial charge in [-0.1, -0.05) is 24.3 Å². The van der Waals surface area contributed by atoms with Crippen LogP contribution in [0.15, 0.2) is 24.3 Å². The van der Waals surface area contributed by atoms with E-state index in [0.29, 0.717) is 0 Å². The van der Waals surface area contributed by atoms with Crippen LogP contribution < -0.4 is 10.6 Å². The molecular weight excluding hydrogens is 536 g/mol. The molecule has 3 aliphatic rings. The molecule has 4 rings (SSSR count). The number of carbonyl (C=O) groups excluding carboxylic acids is 4. The van der Waals surface area contributed by atoms with Gasteiger partial charge in [0.2, 0.25) is 17.7 Å². The van der Waals surface area contributed by atoms with Gasteiger partial charge in [0.15, 0.2) is 9.84 Å². The molecule has 0 saturated carbocycles. The lowest BCUT2D eigenvalue weighted by atomic mass is 9.87. The minimum absolute atomic E-state index is 0.118. The van der Waals surface area contributed by atoms with Gasteiger partial charge in [0.05, 0.1) is 11.8 Å². The highest BCUT2D eigenvalue weighted by molar-refractivity contribution is 7.92. The normalized spacial score (nSPS) is 26.5. The molecule has 220 valence electrons. The summed E-state index contributed by atoms with van der Waals surface area (Å²) in [4.78, 5) is 55.0. The zero-order chi connectivity index (χ0) is 29.4. The summed E-state index contributed by atoms with van der Waals surface area (Å²) in [7, 11) is -2.31. The maximum absolute atomic E-state index is 13.7.